The Kier molecular flexibility index (Phi) is 4.11. The molecule has 2 unspecified atom stereocenters. The lowest BCUT2D eigenvalue weighted by Crippen LogP contribution is -2.49. The van der Waals surface area contributed by atoms with Crippen LogP contribution in [0.25, 0.3) is 0 Å². The minimum atomic E-state index is -0.694. The maximum atomic E-state index is 11.2. The third-order valence-corrected chi connectivity index (χ3v) is 3.31. The third-order valence-electron chi connectivity index (χ3n) is 3.31. The SMILES string of the molecule is CCC1(C(=O)O)CCCN(CC(C)O)C1. The van der Waals surface area contributed by atoms with Gasteiger partial charge in [0, 0.05) is 13.1 Å². The van der Waals surface area contributed by atoms with Crippen LogP contribution in [0, 0.1) is 5.41 Å². The summed E-state index contributed by atoms with van der Waals surface area (Å²) in [5, 5.41) is 18.5. The van der Waals surface area contributed by atoms with Crippen molar-refractivity contribution in [2.75, 3.05) is 19.6 Å². The van der Waals surface area contributed by atoms with E-state index in [2.05, 4.69) is 4.90 Å². The molecule has 1 aliphatic rings. The van der Waals surface area contributed by atoms with Crippen molar-refractivity contribution >= 4 is 5.97 Å². The first kappa shape index (κ1) is 12.5. The molecule has 0 aliphatic carbocycles. The molecule has 1 aliphatic heterocycles. The van der Waals surface area contributed by atoms with Crippen LogP contribution in [0.15, 0.2) is 0 Å². The summed E-state index contributed by atoms with van der Waals surface area (Å²) in [6, 6.07) is 0. The molecule has 1 saturated heterocycles. The van der Waals surface area contributed by atoms with Crippen LogP contribution in [-0.4, -0.2) is 46.8 Å². The summed E-state index contributed by atoms with van der Waals surface area (Å²) in [6.07, 6.45) is 1.95. The van der Waals surface area contributed by atoms with Gasteiger partial charge in [-0.2, -0.15) is 0 Å². The summed E-state index contributed by atoms with van der Waals surface area (Å²) < 4.78 is 0. The van der Waals surface area contributed by atoms with Crippen LogP contribution in [-0.2, 0) is 4.79 Å². The molecule has 0 spiro atoms. The quantitative estimate of drug-likeness (QED) is 0.733. The van der Waals surface area contributed by atoms with Gasteiger partial charge in [-0.25, -0.2) is 0 Å². The standard InChI is InChI=1S/C11H21NO3/c1-3-11(10(14)15)5-4-6-12(8-11)7-9(2)13/h9,13H,3-8H2,1-2H3,(H,14,15). The monoisotopic (exact) mass is 215 g/mol. The number of aliphatic hydroxyl groups is 1. The fraction of sp³-hybridized carbons (Fsp3) is 0.909. The van der Waals surface area contributed by atoms with Gasteiger partial charge in [0.15, 0.2) is 0 Å². The van der Waals surface area contributed by atoms with Gasteiger partial charge in [0.1, 0.15) is 0 Å². The maximum absolute atomic E-state index is 11.2. The molecule has 0 saturated carbocycles. The highest BCUT2D eigenvalue weighted by atomic mass is 16.4. The zero-order valence-corrected chi connectivity index (χ0v) is 9.57. The van der Waals surface area contributed by atoms with Crippen molar-refractivity contribution in [1.82, 2.24) is 4.90 Å². The van der Waals surface area contributed by atoms with Gasteiger partial charge in [0.05, 0.1) is 11.5 Å². The van der Waals surface area contributed by atoms with Gasteiger partial charge in [-0.15, -0.1) is 0 Å². The molecule has 0 aromatic heterocycles. The summed E-state index contributed by atoms with van der Waals surface area (Å²) in [5.74, 6) is -0.694. The van der Waals surface area contributed by atoms with Gasteiger partial charge < -0.3 is 10.2 Å². The molecular weight excluding hydrogens is 194 g/mol. The highest BCUT2D eigenvalue weighted by Gasteiger charge is 2.40. The molecule has 2 atom stereocenters. The van der Waals surface area contributed by atoms with Gasteiger partial charge in [-0.3, -0.25) is 9.69 Å². The summed E-state index contributed by atoms with van der Waals surface area (Å²) in [7, 11) is 0. The van der Waals surface area contributed by atoms with E-state index in [0.29, 0.717) is 19.5 Å². The van der Waals surface area contributed by atoms with E-state index in [4.69, 9.17) is 0 Å². The number of hydrogen-bond donors (Lipinski definition) is 2. The fourth-order valence-corrected chi connectivity index (χ4v) is 2.37. The third kappa shape index (κ3) is 2.92. The molecule has 1 rings (SSSR count). The van der Waals surface area contributed by atoms with Crippen LogP contribution < -0.4 is 0 Å². The van der Waals surface area contributed by atoms with Crippen molar-refractivity contribution in [3.05, 3.63) is 0 Å². The molecule has 1 fully saturated rings. The lowest BCUT2D eigenvalue weighted by Gasteiger charge is -2.39. The second kappa shape index (κ2) is 4.94. The predicted molar refractivity (Wildman–Crippen MR) is 57.7 cm³/mol. The zero-order valence-electron chi connectivity index (χ0n) is 9.57. The summed E-state index contributed by atoms with van der Waals surface area (Å²) >= 11 is 0. The number of carboxylic acids is 1. The lowest BCUT2D eigenvalue weighted by molar-refractivity contribution is -0.153. The van der Waals surface area contributed by atoms with E-state index < -0.39 is 11.4 Å². The Morgan fingerprint density at radius 1 is 1.60 bits per heavy atom. The predicted octanol–water partition coefficient (Wildman–Crippen LogP) is 0.944. The number of likely N-dealkylation sites (tertiary alicyclic amines) is 1. The van der Waals surface area contributed by atoms with Crippen LogP contribution >= 0.6 is 0 Å². The van der Waals surface area contributed by atoms with Crippen LogP contribution in [0.1, 0.15) is 33.1 Å². The highest BCUT2D eigenvalue weighted by molar-refractivity contribution is 5.75. The first-order chi connectivity index (χ1) is 7.00. The molecule has 4 heteroatoms. The smallest absolute Gasteiger partial charge is 0.310 e. The van der Waals surface area contributed by atoms with Gasteiger partial charge in [0.25, 0.3) is 0 Å². The van der Waals surface area contributed by atoms with Crippen LogP contribution in [0.5, 0.6) is 0 Å². The normalized spacial score (nSPS) is 30.1. The molecule has 88 valence electrons. The Hall–Kier alpha value is -0.610. The number of carboxylic acid groups (broad SMARTS) is 1. The maximum Gasteiger partial charge on any atom is 0.310 e. The minimum absolute atomic E-state index is 0.383. The molecule has 0 bridgehead atoms. The molecule has 0 radical (unpaired) electrons. The van der Waals surface area contributed by atoms with Crippen molar-refractivity contribution < 1.29 is 15.0 Å². The number of aliphatic hydroxyl groups excluding tert-OH is 1. The number of carbonyl (C=O) groups is 1. The summed E-state index contributed by atoms with van der Waals surface area (Å²) in [4.78, 5) is 13.3. The Morgan fingerprint density at radius 2 is 2.27 bits per heavy atom. The molecular formula is C11H21NO3. The number of rotatable bonds is 4. The van der Waals surface area contributed by atoms with Crippen LogP contribution in [0.4, 0.5) is 0 Å². The van der Waals surface area contributed by atoms with Crippen LogP contribution in [0.2, 0.25) is 0 Å². The molecule has 0 amide bonds. The largest absolute Gasteiger partial charge is 0.481 e. The van der Waals surface area contributed by atoms with Gasteiger partial charge in [-0.1, -0.05) is 6.92 Å². The summed E-state index contributed by atoms with van der Waals surface area (Å²) in [5.41, 5.74) is -0.590. The van der Waals surface area contributed by atoms with Crippen LogP contribution in [0.3, 0.4) is 0 Å². The summed E-state index contributed by atoms with van der Waals surface area (Å²) in [6.45, 7) is 5.72. The fourth-order valence-electron chi connectivity index (χ4n) is 2.37. The number of nitrogens with zero attached hydrogens (tertiary/aromatic N) is 1. The zero-order chi connectivity index (χ0) is 11.5. The number of hydrogen-bond acceptors (Lipinski definition) is 3. The van der Waals surface area contributed by atoms with E-state index in [1.54, 1.807) is 6.92 Å². The first-order valence-corrected chi connectivity index (χ1v) is 5.64. The van der Waals surface area contributed by atoms with Gasteiger partial charge in [0.2, 0.25) is 0 Å². The Bertz CT molecular complexity index is 230. The highest BCUT2D eigenvalue weighted by Crippen LogP contribution is 2.33. The Balaban J connectivity index is 2.64. The van der Waals surface area contributed by atoms with E-state index in [9.17, 15) is 15.0 Å². The second-order valence-corrected chi connectivity index (χ2v) is 4.63. The van der Waals surface area contributed by atoms with E-state index >= 15 is 0 Å². The van der Waals surface area contributed by atoms with Crippen molar-refractivity contribution in [2.24, 2.45) is 5.41 Å². The average Bonchev–Trinajstić information content (AvgIpc) is 2.16. The van der Waals surface area contributed by atoms with Crippen molar-refractivity contribution in [3.63, 3.8) is 0 Å². The van der Waals surface area contributed by atoms with E-state index in [-0.39, 0.29) is 6.10 Å². The molecule has 0 aromatic rings. The molecule has 2 N–H and O–H groups in total. The number of aliphatic carboxylic acids is 1. The van der Waals surface area contributed by atoms with Gasteiger partial charge >= 0.3 is 5.97 Å². The first-order valence-electron chi connectivity index (χ1n) is 5.64. The average molecular weight is 215 g/mol. The number of piperidine rings is 1. The van der Waals surface area contributed by atoms with Crippen molar-refractivity contribution in [1.29, 1.82) is 0 Å². The van der Waals surface area contributed by atoms with Gasteiger partial charge in [-0.05, 0) is 32.7 Å². The molecule has 1 heterocycles. The Morgan fingerprint density at radius 3 is 2.73 bits per heavy atom. The van der Waals surface area contributed by atoms with Crippen molar-refractivity contribution in [3.8, 4) is 0 Å². The Labute approximate surface area is 90.9 Å². The minimum Gasteiger partial charge on any atom is -0.481 e. The number of β-amino-alcohol motifs (C(OH)–C–C–N with tert-alkyl or cyclic N) is 1. The van der Waals surface area contributed by atoms with E-state index in [1.807, 2.05) is 6.92 Å². The lowest BCUT2D eigenvalue weighted by atomic mass is 9.77. The van der Waals surface area contributed by atoms with Crippen molar-refractivity contribution in [2.45, 2.75) is 39.2 Å². The molecule has 4 nitrogen and oxygen atoms in total. The van der Waals surface area contributed by atoms with E-state index in [0.717, 1.165) is 19.4 Å². The second-order valence-electron chi connectivity index (χ2n) is 4.63. The molecule has 15 heavy (non-hydrogen) atoms. The van der Waals surface area contributed by atoms with E-state index in [1.165, 1.54) is 0 Å². The topological polar surface area (TPSA) is 60.8 Å². The molecule has 0 aromatic carbocycles.